The van der Waals surface area contributed by atoms with Gasteiger partial charge in [-0.05, 0) is 76.1 Å². The van der Waals surface area contributed by atoms with Gasteiger partial charge in [-0.25, -0.2) is 0 Å². The van der Waals surface area contributed by atoms with E-state index in [-0.39, 0.29) is 0 Å². The van der Waals surface area contributed by atoms with Crippen molar-refractivity contribution in [1.29, 1.82) is 0 Å². The quantitative estimate of drug-likeness (QED) is 0.797. The summed E-state index contributed by atoms with van der Waals surface area (Å²) in [7, 11) is 4.26. The standard InChI is InChI=1S/C15H23ClN2/c1-18(2)8-4-3-7-17-15-10-12-5-6-14(16)9-13(12)11-15/h5-6,9,15,17H,3-4,7-8,10-11H2,1-2H3. The van der Waals surface area contributed by atoms with Gasteiger partial charge in [0.05, 0.1) is 0 Å². The summed E-state index contributed by atoms with van der Waals surface area (Å²) in [6, 6.07) is 6.90. The third-order valence-electron chi connectivity index (χ3n) is 3.57. The Balaban J connectivity index is 1.68. The summed E-state index contributed by atoms with van der Waals surface area (Å²) >= 11 is 6.02. The maximum atomic E-state index is 6.02. The van der Waals surface area contributed by atoms with Crippen molar-refractivity contribution >= 4 is 11.6 Å². The Bertz CT molecular complexity index is 390. The van der Waals surface area contributed by atoms with E-state index in [0.717, 1.165) is 24.4 Å². The molecule has 3 heteroatoms. The molecule has 100 valence electrons. The molecule has 1 aromatic carbocycles. The van der Waals surface area contributed by atoms with E-state index >= 15 is 0 Å². The summed E-state index contributed by atoms with van der Waals surface area (Å²) in [4.78, 5) is 2.24. The second-order valence-electron chi connectivity index (χ2n) is 5.48. The molecule has 0 saturated carbocycles. The van der Waals surface area contributed by atoms with E-state index in [9.17, 15) is 0 Å². The SMILES string of the molecule is CN(C)CCCCNC1Cc2ccc(Cl)cc2C1. The fourth-order valence-electron chi connectivity index (χ4n) is 2.59. The molecule has 0 aromatic heterocycles. The lowest BCUT2D eigenvalue weighted by Gasteiger charge is -2.13. The third-order valence-corrected chi connectivity index (χ3v) is 3.80. The van der Waals surface area contributed by atoms with Gasteiger partial charge in [0.15, 0.2) is 0 Å². The number of halogens is 1. The number of hydrogen-bond acceptors (Lipinski definition) is 2. The molecule has 1 aromatic rings. The molecular weight excluding hydrogens is 244 g/mol. The molecule has 0 heterocycles. The molecule has 2 rings (SSSR count). The molecule has 1 atom stereocenters. The van der Waals surface area contributed by atoms with Crippen molar-refractivity contribution < 1.29 is 0 Å². The minimum Gasteiger partial charge on any atom is -0.313 e. The number of rotatable bonds is 6. The summed E-state index contributed by atoms with van der Waals surface area (Å²) < 4.78 is 0. The number of nitrogens with one attached hydrogen (secondary N) is 1. The second kappa shape index (κ2) is 6.55. The number of nitrogens with zero attached hydrogens (tertiary/aromatic N) is 1. The van der Waals surface area contributed by atoms with E-state index in [2.05, 4.69) is 36.4 Å². The summed E-state index contributed by atoms with van der Waals surface area (Å²) in [5.41, 5.74) is 2.89. The number of benzene rings is 1. The first-order valence-electron chi connectivity index (χ1n) is 6.80. The molecule has 0 saturated heterocycles. The van der Waals surface area contributed by atoms with Crippen LogP contribution in [-0.2, 0) is 12.8 Å². The van der Waals surface area contributed by atoms with Crippen LogP contribution in [0.5, 0.6) is 0 Å². The van der Waals surface area contributed by atoms with Crippen LogP contribution >= 0.6 is 11.6 Å². The zero-order chi connectivity index (χ0) is 13.0. The molecule has 1 aliphatic carbocycles. The summed E-state index contributed by atoms with van der Waals surface area (Å²) in [6.07, 6.45) is 4.81. The van der Waals surface area contributed by atoms with Gasteiger partial charge in [-0.3, -0.25) is 0 Å². The van der Waals surface area contributed by atoms with Gasteiger partial charge in [0, 0.05) is 11.1 Å². The Morgan fingerprint density at radius 3 is 2.78 bits per heavy atom. The number of unbranched alkanes of at least 4 members (excludes halogenated alkanes) is 1. The lowest BCUT2D eigenvalue weighted by atomic mass is 10.1. The Hall–Kier alpha value is -0.570. The van der Waals surface area contributed by atoms with E-state index in [1.165, 1.54) is 30.5 Å². The van der Waals surface area contributed by atoms with Crippen LogP contribution in [-0.4, -0.2) is 38.1 Å². The summed E-state index contributed by atoms with van der Waals surface area (Å²) in [6.45, 7) is 2.31. The van der Waals surface area contributed by atoms with Crippen LogP contribution in [0.1, 0.15) is 24.0 Å². The molecule has 1 aliphatic rings. The molecule has 18 heavy (non-hydrogen) atoms. The lowest BCUT2D eigenvalue weighted by Crippen LogP contribution is -2.30. The minimum atomic E-state index is 0.609. The van der Waals surface area contributed by atoms with E-state index in [1.54, 1.807) is 0 Å². The van der Waals surface area contributed by atoms with Crippen molar-refractivity contribution in [2.75, 3.05) is 27.2 Å². The highest BCUT2D eigenvalue weighted by Gasteiger charge is 2.20. The molecular formula is C15H23ClN2. The minimum absolute atomic E-state index is 0.609. The van der Waals surface area contributed by atoms with E-state index in [0.29, 0.717) is 6.04 Å². The molecule has 0 bridgehead atoms. The highest BCUT2D eigenvalue weighted by atomic mass is 35.5. The van der Waals surface area contributed by atoms with Gasteiger partial charge in [0.25, 0.3) is 0 Å². The normalized spacial score (nSPS) is 18.3. The summed E-state index contributed by atoms with van der Waals surface area (Å²) in [5, 5.41) is 4.52. The highest BCUT2D eigenvalue weighted by molar-refractivity contribution is 6.30. The van der Waals surface area contributed by atoms with Crippen LogP contribution in [0.15, 0.2) is 18.2 Å². The Kier molecular flexibility index (Phi) is 5.04. The number of fused-ring (bicyclic) bond motifs is 1. The maximum Gasteiger partial charge on any atom is 0.0408 e. The molecule has 1 unspecified atom stereocenters. The molecule has 2 nitrogen and oxygen atoms in total. The Labute approximate surface area is 115 Å². The molecule has 0 amide bonds. The monoisotopic (exact) mass is 266 g/mol. The molecule has 1 N–H and O–H groups in total. The zero-order valence-corrected chi connectivity index (χ0v) is 12.1. The molecule has 0 spiro atoms. The topological polar surface area (TPSA) is 15.3 Å². The van der Waals surface area contributed by atoms with Crippen LogP contribution in [0.2, 0.25) is 5.02 Å². The van der Waals surface area contributed by atoms with Gasteiger partial charge < -0.3 is 10.2 Å². The first kappa shape index (κ1) is 13.9. The van der Waals surface area contributed by atoms with Gasteiger partial charge in [0.1, 0.15) is 0 Å². The average molecular weight is 267 g/mol. The predicted molar refractivity (Wildman–Crippen MR) is 78.4 cm³/mol. The van der Waals surface area contributed by atoms with Crippen molar-refractivity contribution in [3.8, 4) is 0 Å². The van der Waals surface area contributed by atoms with Crippen molar-refractivity contribution in [2.45, 2.75) is 31.7 Å². The second-order valence-corrected chi connectivity index (χ2v) is 5.92. The van der Waals surface area contributed by atoms with Gasteiger partial charge in [0.2, 0.25) is 0 Å². The maximum absolute atomic E-state index is 6.02. The third kappa shape index (κ3) is 3.98. The van der Waals surface area contributed by atoms with Crippen LogP contribution in [0.25, 0.3) is 0 Å². The first-order chi connectivity index (χ1) is 8.65. The average Bonchev–Trinajstić information content (AvgIpc) is 2.70. The van der Waals surface area contributed by atoms with Crippen molar-refractivity contribution in [3.63, 3.8) is 0 Å². The van der Waals surface area contributed by atoms with Crippen LogP contribution in [0.4, 0.5) is 0 Å². The van der Waals surface area contributed by atoms with Crippen LogP contribution in [0.3, 0.4) is 0 Å². The predicted octanol–water partition coefficient (Wildman–Crippen LogP) is 2.74. The molecule has 0 radical (unpaired) electrons. The largest absolute Gasteiger partial charge is 0.313 e. The van der Waals surface area contributed by atoms with Crippen LogP contribution < -0.4 is 5.32 Å². The van der Waals surface area contributed by atoms with Crippen molar-refractivity contribution in [1.82, 2.24) is 10.2 Å². The smallest absolute Gasteiger partial charge is 0.0408 e. The van der Waals surface area contributed by atoms with Gasteiger partial charge in [-0.1, -0.05) is 17.7 Å². The Morgan fingerprint density at radius 2 is 2.00 bits per heavy atom. The molecule has 0 aliphatic heterocycles. The number of hydrogen-bond donors (Lipinski definition) is 1. The first-order valence-corrected chi connectivity index (χ1v) is 7.18. The molecule has 0 fully saturated rings. The van der Waals surface area contributed by atoms with Crippen molar-refractivity contribution in [3.05, 3.63) is 34.3 Å². The summed E-state index contributed by atoms with van der Waals surface area (Å²) in [5.74, 6) is 0. The Morgan fingerprint density at radius 1 is 1.22 bits per heavy atom. The van der Waals surface area contributed by atoms with E-state index in [1.807, 2.05) is 6.07 Å². The zero-order valence-electron chi connectivity index (χ0n) is 11.4. The van der Waals surface area contributed by atoms with E-state index in [4.69, 9.17) is 11.6 Å². The van der Waals surface area contributed by atoms with Gasteiger partial charge in [-0.2, -0.15) is 0 Å². The van der Waals surface area contributed by atoms with Gasteiger partial charge >= 0.3 is 0 Å². The van der Waals surface area contributed by atoms with Crippen LogP contribution in [0, 0.1) is 0 Å². The highest BCUT2D eigenvalue weighted by Crippen LogP contribution is 2.25. The van der Waals surface area contributed by atoms with Crippen molar-refractivity contribution in [2.24, 2.45) is 0 Å². The van der Waals surface area contributed by atoms with Gasteiger partial charge in [-0.15, -0.1) is 0 Å². The van der Waals surface area contributed by atoms with E-state index < -0.39 is 0 Å². The fourth-order valence-corrected chi connectivity index (χ4v) is 2.78. The fraction of sp³-hybridized carbons (Fsp3) is 0.600. The lowest BCUT2D eigenvalue weighted by molar-refractivity contribution is 0.388.